The first-order valence-corrected chi connectivity index (χ1v) is 15.6. The van der Waals surface area contributed by atoms with Crippen molar-refractivity contribution in [2.75, 3.05) is 26.4 Å². The Morgan fingerprint density at radius 3 is 0.636 bits per heavy atom. The Morgan fingerprint density at radius 1 is 0.242 bits per heavy atom. The van der Waals surface area contributed by atoms with E-state index in [1.54, 1.807) is 0 Å². The lowest BCUT2D eigenvalue weighted by molar-refractivity contribution is 0.121. The molecule has 0 aromatic rings. The van der Waals surface area contributed by atoms with Crippen molar-refractivity contribution < 1.29 is 9.47 Å². The van der Waals surface area contributed by atoms with Gasteiger partial charge in [-0.25, -0.2) is 0 Å². The van der Waals surface area contributed by atoms with E-state index < -0.39 is 0 Å². The lowest BCUT2D eigenvalue weighted by atomic mass is 10.1. The van der Waals surface area contributed by atoms with Crippen LogP contribution in [0.25, 0.3) is 0 Å². The van der Waals surface area contributed by atoms with Crippen molar-refractivity contribution in [3.63, 3.8) is 0 Å². The molecule has 0 rings (SSSR count). The number of hydrogen-bond acceptors (Lipinski definition) is 2. The Balaban J connectivity index is 2.99. The minimum absolute atomic E-state index is 0.965. The summed E-state index contributed by atoms with van der Waals surface area (Å²) in [5.41, 5.74) is 0. The predicted octanol–water partition coefficient (Wildman–Crippen LogP) is 10.8. The summed E-state index contributed by atoms with van der Waals surface area (Å²) in [5.74, 6) is 0. The molecule has 0 bridgehead atoms. The monoisotopic (exact) mass is 468 g/mol. The van der Waals surface area contributed by atoms with Crippen molar-refractivity contribution in [3.05, 3.63) is 0 Å². The van der Waals surface area contributed by atoms with Crippen molar-refractivity contribution >= 4 is 0 Å². The first-order chi connectivity index (χ1) is 16.4. The smallest absolute Gasteiger partial charge is 0.0466 e. The number of rotatable bonds is 30. The van der Waals surface area contributed by atoms with Gasteiger partial charge in [-0.3, -0.25) is 0 Å². The van der Waals surface area contributed by atoms with Crippen LogP contribution in [0, 0.1) is 0 Å². The first kappa shape index (κ1) is 32.9. The van der Waals surface area contributed by atoms with E-state index in [4.69, 9.17) is 9.47 Å². The SMILES string of the molecule is CCCCCCCCCCCCOCCCCCCCOCCCCCCCCCCCC. The number of ether oxygens (including phenoxy) is 2. The molecule has 0 fully saturated rings. The average molecular weight is 469 g/mol. The van der Waals surface area contributed by atoms with E-state index in [0.717, 1.165) is 26.4 Å². The molecular formula is C31H64O2. The molecule has 0 heterocycles. The maximum Gasteiger partial charge on any atom is 0.0466 e. The molecule has 0 aliphatic heterocycles. The summed E-state index contributed by atoms with van der Waals surface area (Å²) in [7, 11) is 0. The molecular weight excluding hydrogens is 404 g/mol. The molecule has 0 aliphatic rings. The normalized spacial score (nSPS) is 11.5. The van der Waals surface area contributed by atoms with Crippen LogP contribution in [0.5, 0.6) is 0 Å². The topological polar surface area (TPSA) is 18.5 Å². The zero-order valence-electron chi connectivity index (χ0n) is 23.3. The van der Waals surface area contributed by atoms with Crippen LogP contribution in [-0.2, 0) is 9.47 Å². The molecule has 0 spiro atoms. The molecule has 0 N–H and O–H groups in total. The maximum absolute atomic E-state index is 5.81. The van der Waals surface area contributed by atoms with Crippen LogP contribution in [0.3, 0.4) is 0 Å². The molecule has 0 radical (unpaired) electrons. The average Bonchev–Trinajstić information content (AvgIpc) is 2.83. The first-order valence-electron chi connectivity index (χ1n) is 15.6. The molecule has 0 aromatic heterocycles. The van der Waals surface area contributed by atoms with E-state index in [0.29, 0.717) is 0 Å². The van der Waals surface area contributed by atoms with Crippen molar-refractivity contribution in [1.82, 2.24) is 0 Å². The molecule has 0 unspecified atom stereocenters. The van der Waals surface area contributed by atoms with Crippen LogP contribution in [0.4, 0.5) is 0 Å². The lowest BCUT2D eigenvalue weighted by Crippen LogP contribution is -1.98. The van der Waals surface area contributed by atoms with Gasteiger partial charge in [0.05, 0.1) is 0 Å². The Kier molecular flexibility index (Phi) is 31.8. The quantitative estimate of drug-likeness (QED) is 0.0975. The van der Waals surface area contributed by atoms with Gasteiger partial charge in [0, 0.05) is 26.4 Å². The molecule has 0 aromatic carbocycles. The third-order valence-corrected chi connectivity index (χ3v) is 6.86. The summed E-state index contributed by atoms with van der Waals surface area (Å²) in [5, 5.41) is 0. The molecule has 33 heavy (non-hydrogen) atoms. The zero-order valence-corrected chi connectivity index (χ0v) is 23.3. The third kappa shape index (κ3) is 31.9. The van der Waals surface area contributed by atoms with Crippen molar-refractivity contribution in [3.8, 4) is 0 Å². The van der Waals surface area contributed by atoms with E-state index >= 15 is 0 Å². The second-order valence-corrected chi connectivity index (χ2v) is 10.4. The Labute approximate surface area is 210 Å². The second-order valence-electron chi connectivity index (χ2n) is 10.4. The Hall–Kier alpha value is -0.0800. The fourth-order valence-electron chi connectivity index (χ4n) is 4.53. The molecule has 2 nitrogen and oxygen atoms in total. The van der Waals surface area contributed by atoms with E-state index in [2.05, 4.69) is 13.8 Å². The number of unbranched alkanes of at least 4 members (excludes halogenated alkanes) is 22. The molecule has 0 saturated carbocycles. The Morgan fingerprint density at radius 2 is 0.424 bits per heavy atom. The summed E-state index contributed by atoms with van der Waals surface area (Å²) in [6.07, 6.45) is 34.4. The standard InChI is InChI=1S/C31H64O2/c1-3-5-7-9-11-13-15-17-20-24-28-32-30-26-22-19-23-27-31-33-29-25-21-18-16-14-12-10-8-6-4-2/h3-31H2,1-2H3. The van der Waals surface area contributed by atoms with Gasteiger partial charge in [-0.1, -0.05) is 149 Å². The van der Waals surface area contributed by atoms with Crippen molar-refractivity contribution in [2.24, 2.45) is 0 Å². The summed E-state index contributed by atoms with van der Waals surface area (Å²) < 4.78 is 11.6. The molecule has 2 heteroatoms. The fourth-order valence-corrected chi connectivity index (χ4v) is 4.53. The van der Waals surface area contributed by atoms with E-state index in [9.17, 15) is 0 Å². The van der Waals surface area contributed by atoms with Crippen molar-refractivity contribution in [2.45, 2.75) is 174 Å². The second kappa shape index (κ2) is 31.9. The van der Waals surface area contributed by atoms with Crippen LogP contribution in [0.1, 0.15) is 174 Å². The minimum atomic E-state index is 0.965. The van der Waals surface area contributed by atoms with Crippen LogP contribution < -0.4 is 0 Å². The zero-order chi connectivity index (χ0) is 23.9. The van der Waals surface area contributed by atoms with Crippen LogP contribution >= 0.6 is 0 Å². The van der Waals surface area contributed by atoms with Gasteiger partial charge in [-0.2, -0.15) is 0 Å². The van der Waals surface area contributed by atoms with Gasteiger partial charge in [0.25, 0.3) is 0 Å². The van der Waals surface area contributed by atoms with Gasteiger partial charge >= 0.3 is 0 Å². The molecule has 0 atom stereocenters. The minimum Gasteiger partial charge on any atom is -0.381 e. The van der Waals surface area contributed by atoms with Gasteiger partial charge in [0.1, 0.15) is 0 Å². The highest BCUT2D eigenvalue weighted by molar-refractivity contribution is 4.49. The van der Waals surface area contributed by atoms with Crippen LogP contribution in [-0.4, -0.2) is 26.4 Å². The van der Waals surface area contributed by atoms with Gasteiger partial charge in [-0.05, 0) is 25.7 Å². The highest BCUT2D eigenvalue weighted by atomic mass is 16.5. The Bertz CT molecular complexity index is 288. The summed E-state index contributed by atoms with van der Waals surface area (Å²) in [6.45, 7) is 8.46. The lowest BCUT2D eigenvalue weighted by Gasteiger charge is -2.06. The molecule has 0 saturated heterocycles. The van der Waals surface area contributed by atoms with Crippen molar-refractivity contribution in [1.29, 1.82) is 0 Å². The molecule has 0 amide bonds. The van der Waals surface area contributed by atoms with Gasteiger partial charge in [-0.15, -0.1) is 0 Å². The molecule has 200 valence electrons. The van der Waals surface area contributed by atoms with E-state index in [1.807, 2.05) is 0 Å². The maximum atomic E-state index is 5.81. The van der Waals surface area contributed by atoms with Crippen LogP contribution in [0.2, 0.25) is 0 Å². The van der Waals surface area contributed by atoms with Crippen LogP contribution in [0.15, 0.2) is 0 Å². The van der Waals surface area contributed by atoms with E-state index in [1.165, 1.54) is 161 Å². The van der Waals surface area contributed by atoms with Gasteiger partial charge < -0.3 is 9.47 Å². The summed E-state index contributed by atoms with van der Waals surface area (Å²) in [6, 6.07) is 0. The third-order valence-electron chi connectivity index (χ3n) is 6.86. The fraction of sp³-hybridized carbons (Fsp3) is 1.00. The largest absolute Gasteiger partial charge is 0.381 e. The highest BCUT2D eigenvalue weighted by Crippen LogP contribution is 2.12. The summed E-state index contributed by atoms with van der Waals surface area (Å²) >= 11 is 0. The van der Waals surface area contributed by atoms with Gasteiger partial charge in [0.15, 0.2) is 0 Å². The van der Waals surface area contributed by atoms with Gasteiger partial charge in [0.2, 0.25) is 0 Å². The molecule has 0 aliphatic carbocycles. The van der Waals surface area contributed by atoms with E-state index in [-0.39, 0.29) is 0 Å². The predicted molar refractivity (Wildman–Crippen MR) is 148 cm³/mol. The summed E-state index contributed by atoms with van der Waals surface area (Å²) in [4.78, 5) is 0. The highest BCUT2D eigenvalue weighted by Gasteiger charge is 1.96. The number of hydrogen-bond donors (Lipinski definition) is 0.